The third-order valence-electron chi connectivity index (χ3n) is 2.69. The lowest BCUT2D eigenvalue weighted by atomic mass is 10.1. The highest BCUT2D eigenvalue weighted by Gasteiger charge is 2.11. The van der Waals surface area contributed by atoms with Crippen LogP contribution in [0.15, 0.2) is 46.9 Å². The molecule has 2 aromatic rings. The summed E-state index contributed by atoms with van der Waals surface area (Å²) in [5.41, 5.74) is 7.47. The van der Waals surface area contributed by atoms with E-state index < -0.39 is 0 Å². The summed E-state index contributed by atoms with van der Waals surface area (Å²) in [5.74, 6) is -0.240. The number of halogens is 2. The van der Waals surface area contributed by atoms with Gasteiger partial charge in [-0.25, -0.2) is 0 Å². The van der Waals surface area contributed by atoms with Gasteiger partial charge in [-0.1, -0.05) is 51.8 Å². The highest BCUT2D eigenvalue weighted by atomic mass is 79.9. The predicted octanol–water partition coefficient (Wildman–Crippen LogP) is 3.61. The number of rotatable bonds is 3. The van der Waals surface area contributed by atoms with Crippen LogP contribution in [0.2, 0.25) is 5.02 Å². The highest BCUT2D eigenvalue weighted by molar-refractivity contribution is 9.10. The van der Waals surface area contributed by atoms with Crippen LogP contribution in [0.5, 0.6) is 0 Å². The second-order valence-electron chi connectivity index (χ2n) is 3.98. The lowest BCUT2D eigenvalue weighted by Crippen LogP contribution is -2.24. The number of carbonyl (C=O) groups is 1. The molecule has 2 rings (SSSR count). The number of nitrogen functional groups attached to an aromatic ring is 1. The van der Waals surface area contributed by atoms with E-state index in [0.717, 1.165) is 10.0 Å². The van der Waals surface area contributed by atoms with Crippen molar-refractivity contribution in [2.24, 2.45) is 0 Å². The van der Waals surface area contributed by atoms with Crippen molar-refractivity contribution in [3.05, 3.63) is 63.1 Å². The molecule has 0 aliphatic heterocycles. The van der Waals surface area contributed by atoms with Crippen molar-refractivity contribution in [3.63, 3.8) is 0 Å². The molecule has 0 radical (unpaired) electrons. The zero-order valence-electron chi connectivity index (χ0n) is 9.99. The number of nitrogens with two attached hydrogens (primary N) is 1. The summed E-state index contributed by atoms with van der Waals surface area (Å²) < 4.78 is 0.953. The first-order chi connectivity index (χ1) is 9.09. The Hall–Kier alpha value is -1.52. The van der Waals surface area contributed by atoms with Crippen LogP contribution in [0.1, 0.15) is 15.9 Å². The molecule has 0 saturated heterocycles. The number of carbonyl (C=O) groups excluding carboxylic acids is 1. The Labute approximate surface area is 124 Å². The average Bonchev–Trinajstić information content (AvgIpc) is 2.40. The maximum atomic E-state index is 12.0. The van der Waals surface area contributed by atoms with Crippen molar-refractivity contribution < 1.29 is 4.79 Å². The Morgan fingerprint density at radius 1 is 1.21 bits per heavy atom. The minimum Gasteiger partial charge on any atom is -0.397 e. The summed E-state index contributed by atoms with van der Waals surface area (Å²) >= 11 is 9.32. The highest BCUT2D eigenvalue weighted by Crippen LogP contribution is 2.22. The molecule has 3 nitrogen and oxygen atoms in total. The van der Waals surface area contributed by atoms with E-state index in [-0.39, 0.29) is 5.91 Å². The molecule has 98 valence electrons. The van der Waals surface area contributed by atoms with Crippen LogP contribution in [0.4, 0.5) is 5.69 Å². The fourth-order valence-corrected chi connectivity index (χ4v) is 2.25. The van der Waals surface area contributed by atoms with Crippen molar-refractivity contribution in [3.8, 4) is 0 Å². The molecule has 0 spiro atoms. The van der Waals surface area contributed by atoms with Gasteiger partial charge in [0.25, 0.3) is 5.91 Å². The van der Waals surface area contributed by atoms with E-state index in [1.54, 1.807) is 18.2 Å². The lowest BCUT2D eigenvalue weighted by molar-refractivity contribution is 0.0951. The Morgan fingerprint density at radius 2 is 1.95 bits per heavy atom. The molecule has 0 aliphatic carbocycles. The smallest absolute Gasteiger partial charge is 0.253 e. The first kappa shape index (κ1) is 13.9. The standard InChI is InChI=1S/C14H12BrClN2O/c15-11-6-2-1-4-9(11)8-18-14(19)10-5-3-7-12(16)13(10)17/h1-7H,8,17H2,(H,18,19). The normalized spacial score (nSPS) is 10.2. The van der Waals surface area contributed by atoms with Crippen molar-refractivity contribution in [2.45, 2.75) is 6.54 Å². The van der Waals surface area contributed by atoms with Crippen molar-refractivity contribution in [2.75, 3.05) is 5.73 Å². The lowest BCUT2D eigenvalue weighted by Gasteiger charge is -2.09. The molecular weight excluding hydrogens is 328 g/mol. The minimum absolute atomic E-state index is 0.240. The fraction of sp³-hybridized carbons (Fsp3) is 0.0714. The van der Waals surface area contributed by atoms with Gasteiger partial charge in [-0.2, -0.15) is 0 Å². The fourth-order valence-electron chi connectivity index (χ4n) is 1.65. The topological polar surface area (TPSA) is 55.1 Å². The molecule has 0 heterocycles. The van der Waals surface area contributed by atoms with Crippen LogP contribution in [0.3, 0.4) is 0 Å². The summed E-state index contributed by atoms with van der Waals surface area (Å²) in [7, 11) is 0. The summed E-state index contributed by atoms with van der Waals surface area (Å²) in [4.78, 5) is 12.0. The van der Waals surface area contributed by atoms with Crippen LogP contribution in [0.25, 0.3) is 0 Å². The first-order valence-corrected chi connectivity index (χ1v) is 6.82. The number of nitrogens with one attached hydrogen (secondary N) is 1. The average molecular weight is 340 g/mol. The monoisotopic (exact) mass is 338 g/mol. The molecule has 0 aromatic heterocycles. The van der Waals surface area contributed by atoms with Crippen LogP contribution >= 0.6 is 27.5 Å². The summed E-state index contributed by atoms with van der Waals surface area (Å²) in [6.07, 6.45) is 0. The van der Waals surface area contributed by atoms with Gasteiger partial charge in [0, 0.05) is 11.0 Å². The molecule has 5 heteroatoms. The van der Waals surface area contributed by atoms with Gasteiger partial charge in [-0.05, 0) is 23.8 Å². The van der Waals surface area contributed by atoms with E-state index >= 15 is 0 Å². The van der Waals surface area contributed by atoms with Crippen molar-refractivity contribution >= 4 is 39.1 Å². The Bertz CT molecular complexity index is 616. The Balaban J connectivity index is 2.10. The number of amides is 1. The maximum Gasteiger partial charge on any atom is 0.253 e. The number of anilines is 1. The molecular formula is C14H12BrClN2O. The van der Waals surface area contributed by atoms with E-state index in [0.29, 0.717) is 22.8 Å². The number of benzene rings is 2. The van der Waals surface area contributed by atoms with Gasteiger partial charge in [0.15, 0.2) is 0 Å². The molecule has 0 bridgehead atoms. The number of para-hydroxylation sites is 1. The van der Waals surface area contributed by atoms with Crippen LogP contribution in [-0.2, 0) is 6.54 Å². The summed E-state index contributed by atoms with van der Waals surface area (Å²) in [6, 6.07) is 12.7. The quantitative estimate of drug-likeness (QED) is 0.839. The second-order valence-corrected chi connectivity index (χ2v) is 5.24. The third kappa shape index (κ3) is 3.28. The van der Waals surface area contributed by atoms with E-state index in [1.165, 1.54) is 0 Å². The summed E-state index contributed by atoms with van der Waals surface area (Å²) in [6.45, 7) is 0.423. The van der Waals surface area contributed by atoms with E-state index in [2.05, 4.69) is 21.2 Å². The summed E-state index contributed by atoms with van der Waals surface area (Å²) in [5, 5.41) is 3.20. The van der Waals surface area contributed by atoms with E-state index in [9.17, 15) is 4.79 Å². The van der Waals surface area contributed by atoms with Gasteiger partial charge in [0.2, 0.25) is 0 Å². The minimum atomic E-state index is -0.240. The SMILES string of the molecule is Nc1c(Cl)cccc1C(=O)NCc1ccccc1Br. The number of hydrogen-bond acceptors (Lipinski definition) is 2. The van der Waals surface area contributed by atoms with Crippen LogP contribution in [-0.4, -0.2) is 5.91 Å². The molecule has 0 saturated carbocycles. The van der Waals surface area contributed by atoms with Gasteiger partial charge in [-0.15, -0.1) is 0 Å². The molecule has 0 atom stereocenters. The van der Waals surface area contributed by atoms with Crippen molar-refractivity contribution in [1.82, 2.24) is 5.32 Å². The molecule has 0 aliphatic rings. The third-order valence-corrected chi connectivity index (χ3v) is 3.80. The zero-order chi connectivity index (χ0) is 13.8. The van der Waals surface area contributed by atoms with E-state index in [4.69, 9.17) is 17.3 Å². The Morgan fingerprint density at radius 3 is 2.68 bits per heavy atom. The van der Waals surface area contributed by atoms with Gasteiger partial charge in [0.1, 0.15) is 0 Å². The van der Waals surface area contributed by atoms with Crippen molar-refractivity contribution in [1.29, 1.82) is 0 Å². The predicted molar refractivity (Wildman–Crippen MR) is 81.2 cm³/mol. The molecule has 0 unspecified atom stereocenters. The number of hydrogen-bond donors (Lipinski definition) is 2. The molecule has 0 fully saturated rings. The zero-order valence-corrected chi connectivity index (χ0v) is 12.3. The molecule has 3 N–H and O–H groups in total. The largest absolute Gasteiger partial charge is 0.397 e. The Kier molecular flexibility index (Phi) is 4.45. The van der Waals surface area contributed by atoms with Gasteiger partial charge < -0.3 is 11.1 Å². The van der Waals surface area contributed by atoms with E-state index in [1.807, 2.05) is 24.3 Å². The van der Waals surface area contributed by atoms with Gasteiger partial charge in [0.05, 0.1) is 16.3 Å². The van der Waals surface area contributed by atoms with Crippen LogP contribution in [0, 0.1) is 0 Å². The van der Waals surface area contributed by atoms with Gasteiger partial charge >= 0.3 is 0 Å². The maximum absolute atomic E-state index is 12.0. The molecule has 1 amide bonds. The first-order valence-electron chi connectivity index (χ1n) is 5.65. The van der Waals surface area contributed by atoms with Crippen LogP contribution < -0.4 is 11.1 Å². The van der Waals surface area contributed by atoms with Gasteiger partial charge in [-0.3, -0.25) is 4.79 Å². The molecule has 2 aromatic carbocycles. The second kappa shape index (κ2) is 6.08. The molecule has 19 heavy (non-hydrogen) atoms.